The van der Waals surface area contributed by atoms with E-state index in [2.05, 4.69) is 12.0 Å². The number of hydrogen-bond donors (Lipinski definition) is 1. The maximum Gasteiger partial charge on any atom is 0.123 e. The van der Waals surface area contributed by atoms with E-state index in [1.165, 1.54) is 12.1 Å². The van der Waals surface area contributed by atoms with Crippen LogP contribution in [0.3, 0.4) is 0 Å². The van der Waals surface area contributed by atoms with Crippen molar-refractivity contribution in [3.05, 3.63) is 52.6 Å². The smallest absolute Gasteiger partial charge is 0.123 e. The molecular weight excluding hydrogens is 255 g/mol. The summed E-state index contributed by atoms with van der Waals surface area (Å²) >= 11 is 0. The summed E-state index contributed by atoms with van der Waals surface area (Å²) in [6.45, 7) is 6.73. The summed E-state index contributed by atoms with van der Waals surface area (Å²) in [7, 11) is 0. The van der Waals surface area contributed by atoms with Crippen LogP contribution in [-0.2, 0) is 19.4 Å². The Bertz CT molecular complexity index is 592. The van der Waals surface area contributed by atoms with Gasteiger partial charge in [0.25, 0.3) is 0 Å². The molecule has 0 amide bonds. The van der Waals surface area contributed by atoms with E-state index in [0.29, 0.717) is 12.0 Å². The molecule has 2 aromatic rings. The standard InChI is InChI=1S/C16H21FN2O/c1-4-13-9-14(19(5-2)18-13)10-16(20)15-8-12(17)7-6-11(15)3/h6-9,16,20H,4-5,10H2,1-3H3. The molecule has 3 nitrogen and oxygen atoms in total. The summed E-state index contributed by atoms with van der Waals surface area (Å²) in [5.41, 5.74) is 3.55. The minimum Gasteiger partial charge on any atom is -0.388 e. The van der Waals surface area contributed by atoms with Gasteiger partial charge in [0, 0.05) is 18.7 Å². The Hall–Kier alpha value is -1.68. The molecule has 1 N–H and O–H groups in total. The third-order valence-corrected chi connectivity index (χ3v) is 3.58. The van der Waals surface area contributed by atoms with Gasteiger partial charge in [-0.2, -0.15) is 5.10 Å². The first-order valence-electron chi connectivity index (χ1n) is 7.04. The molecule has 0 fully saturated rings. The zero-order valence-corrected chi connectivity index (χ0v) is 12.2. The second-order valence-electron chi connectivity index (χ2n) is 5.02. The zero-order chi connectivity index (χ0) is 14.7. The number of rotatable bonds is 5. The topological polar surface area (TPSA) is 38.0 Å². The van der Waals surface area contributed by atoms with E-state index in [1.54, 1.807) is 6.07 Å². The van der Waals surface area contributed by atoms with Crippen molar-refractivity contribution in [1.82, 2.24) is 9.78 Å². The van der Waals surface area contributed by atoms with Crippen LogP contribution in [0.25, 0.3) is 0 Å². The van der Waals surface area contributed by atoms with Crippen LogP contribution in [0.1, 0.15) is 42.5 Å². The molecule has 2 rings (SSSR count). The van der Waals surface area contributed by atoms with E-state index >= 15 is 0 Å². The van der Waals surface area contributed by atoms with E-state index in [1.807, 2.05) is 24.6 Å². The molecule has 1 aromatic heterocycles. The molecule has 0 aliphatic carbocycles. The highest BCUT2D eigenvalue weighted by atomic mass is 19.1. The van der Waals surface area contributed by atoms with Gasteiger partial charge in [-0.3, -0.25) is 4.68 Å². The maximum atomic E-state index is 13.3. The zero-order valence-electron chi connectivity index (χ0n) is 12.2. The number of benzene rings is 1. The lowest BCUT2D eigenvalue weighted by Crippen LogP contribution is -2.09. The van der Waals surface area contributed by atoms with E-state index in [-0.39, 0.29) is 5.82 Å². The van der Waals surface area contributed by atoms with Crippen molar-refractivity contribution in [1.29, 1.82) is 0 Å². The molecule has 0 aliphatic rings. The molecule has 0 bridgehead atoms. The molecule has 108 valence electrons. The van der Waals surface area contributed by atoms with E-state index in [4.69, 9.17) is 0 Å². The first-order chi connectivity index (χ1) is 9.55. The Labute approximate surface area is 119 Å². The predicted molar refractivity (Wildman–Crippen MR) is 77.1 cm³/mol. The van der Waals surface area contributed by atoms with Gasteiger partial charge in [0.05, 0.1) is 11.8 Å². The molecule has 0 saturated carbocycles. The number of aliphatic hydroxyl groups excluding tert-OH is 1. The Morgan fingerprint density at radius 1 is 1.30 bits per heavy atom. The van der Waals surface area contributed by atoms with Gasteiger partial charge in [-0.15, -0.1) is 0 Å². The molecule has 0 spiro atoms. The summed E-state index contributed by atoms with van der Waals surface area (Å²) in [5.74, 6) is -0.317. The molecule has 20 heavy (non-hydrogen) atoms. The van der Waals surface area contributed by atoms with E-state index in [9.17, 15) is 9.50 Å². The summed E-state index contributed by atoms with van der Waals surface area (Å²) < 4.78 is 15.2. The average molecular weight is 276 g/mol. The van der Waals surface area contributed by atoms with Crippen molar-refractivity contribution >= 4 is 0 Å². The minimum atomic E-state index is -0.711. The first kappa shape index (κ1) is 14.7. The average Bonchev–Trinajstić information content (AvgIpc) is 2.83. The number of halogens is 1. The van der Waals surface area contributed by atoms with Gasteiger partial charge in [-0.25, -0.2) is 4.39 Å². The number of aliphatic hydroxyl groups is 1. The van der Waals surface area contributed by atoms with Crippen LogP contribution >= 0.6 is 0 Å². The molecular formula is C16H21FN2O. The summed E-state index contributed by atoms with van der Waals surface area (Å²) in [4.78, 5) is 0. The Morgan fingerprint density at radius 2 is 2.05 bits per heavy atom. The lowest BCUT2D eigenvalue weighted by molar-refractivity contribution is 0.174. The number of aryl methyl sites for hydroxylation is 3. The number of aromatic nitrogens is 2. The molecule has 1 atom stereocenters. The van der Waals surface area contributed by atoms with Gasteiger partial charge in [0.15, 0.2) is 0 Å². The van der Waals surface area contributed by atoms with Crippen LogP contribution in [0.15, 0.2) is 24.3 Å². The van der Waals surface area contributed by atoms with Crippen molar-refractivity contribution in [3.63, 3.8) is 0 Å². The summed E-state index contributed by atoms with van der Waals surface area (Å²) in [5, 5.41) is 14.8. The number of hydrogen-bond acceptors (Lipinski definition) is 2. The molecule has 1 heterocycles. The fourth-order valence-corrected chi connectivity index (χ4v) is 2.40. The van der Waals surface area contributed by atoms with Gasteiger partial charge in [-0.1, -0.05) is 13.0 Å². The molecule has 1 unspecified atom stereocenters. The van der Waals surface area contributed by atoms with Crippen LogP contribution in [0.4, 0.5) is 4.39 Å². The van der Waals surface area contributed by atoms with E-state index < -0.39 is 6.10 Å². The highest BCUT2D eigenvalue weighted by Gasteiger charge is 2.15. The summed E-state index contributed by atoms with van der Waals surface area (Å²) in [6.07, 6.45) is 0.609. The number of nitrogens with zero attached hydrogens (tertiary/aromatic N) is 2. The highest BCUT2D eigenvalue weighted by molar-refractivity contribution is 5.29. The fraction of sp³-hybridized carbons (Fsp3) is 0.438. The van der Waals surface area contributed by atoms with Crippen molar-refractivity contribution in [2.45, 2.75) is 46.3 Å². The van der Waals surface area contributed by atoms with Gasteiger partial charge in [0.1, 0.15) is 5.82 Å². The van der Waals surface area contributed by atoms with Crippen LogP contribution in [-0.4, -0.2) is 14.9 Å². The van der Waals surface area contributed by atoms with Crippen LogP contribution < -0.4 is 0 Å². The largest absolute Gasteiger partial charge is 0.388 e. The third kappa shape index (κ3) is 3.07. The van der Waals surface area contributed by atoms with Gasteiger partial charge >= 0.3 is 0 Å². The Morgan fingerprint density at radius 3 is 2.70 bits per heavy atom. The Balaban J connectivity index is 2.24. The normalized spacial score (nSPS) is 12.7. The van der Waals surface area contributed by atoms with Crippen molar-refractivity contribution in [2.24, 2.45) is 0 Å². The molecule has 1 aromatic carbocycles. The summed E-state index contributed by atoms with van der Waals surface area (Å²) in [6, 6.07) is 6.54. The SMILES string of the molecule is CCc1cc(CC(O)c2cc(F)ccc2C)n(CC)n1. The predicted octanol–water partition coefficient (Wildman–Crippen LogP) is 3.19. The van der Waals surface area contributed by atoms with Crippen LogP contribution in [0.5, 0.6) is 0 Å². The van der Waals surface area contributed by atoms with Crippen molar-refractivity contribution < 1.29 is 9.50 Å². The molecule has 0 aliphatic heterocycles. The Kier molecular flexibility index (Phi) is 4.55. The molecule has 4 heteroatoms. The van der Waals surface area contributed by atoms with Crippen LogP contribution in [0.2, 0.25) is 0 Å². The highest BCUT2D eigenvalue weighted by Crippen LogP contribution is 2.23. The second-order valence-corrected chi connectivity index (χ2v) is 5.02. The fourth-order valence-electron chi connectivity index (χ4n) is 2.40. The first-order valence-corrected chi connectivity index (χ1v) is 7.04. The maximum absolute atomic E-state index is 13.3. The quantitative estimate of drug-likeness (QED) is 0.910. The van der Waals surface area contributed by atoms with Gasteiger partial charge in [0.2, 0.25) is 0 Å². The molecule has 0 radical (unpaired) electrons. The molecule has 0 saturated heterocycles. The van der Waals surface area contributed by atoms with Gasteiger partial charge in [-0.05, 0) is 49.6 Å². The van der Waals surface area contributed by atoms with E-state index in [0.717, 1.165) is 29.9 Å². The van der Waals surface area contributed by atoms with Gasteiger partial charge < -0.3 is 5.11 Å². The monoisotopic (exact) mass is 276 g/mol. The van der Waals surface area contributed by atoms with Crippen LogP contribution in [0, 0.1) is 12.7 Å². The van der Waals surface area contributed by atoms with Crippen molar-refractivity contribution in [3.8, 4) is 0 Å². The lowest BCUT2D eigenvalue weighted by Gasteiger charge is -2.14. The minimum absolute atomic E-state index is 0.317. The second kappa shape index (κ2) is 6.18. The lowest BCUT2D eigenvalue weighted by atomic mass is 9.99. The van der Waals surface area contributed by atoms with Crippen molar-refractivity contribution in [2.75, 3.05) is 0 Å². The third-order valence-electron chi connectivity index (χ3n) is 3.58.